The van der Waals surface area contributed by atoms with Crippen LogP contribution in [-0.4, -0.2) is 35.7 Å². The fraction of sp³-hybridized carbons (Fsp3) is 0.462. The molecule has 0 radical (unpaired) electrons. The molecule has 1 fully saturated rings. The van der Waals surface area contributed by atoms with Crippen molar-refractivity contribution in [2.75, 3.05) is 18.8 Å². The zero-order chi connectivity index (χ0) is 13.8. The summed E-state index contributed by atoms with van der Waals surface area (Å²) in [7, 11) is 0. The van der Waals surface area contributed by atoms with Crippen LogP contribution < -0.4 is 5.73 Å². The van der Waals surface area contributed by atoms with Crippen LogP contribution >= 0.6 is 35.0 Å². The minimum absolute atomic E-state index is 0.108. The third-order valence-electron chi connectivity index (χ3n) is 3.05. The Labute approximate surface area is 127 Å². The Bertz CT molecular complexity index is 470. The molecule has 1 saturated heterocycles. The lowest BCUT2D eigenvalue weighted by atomic mass is 10.1. The number of thioether (sulfide) groups is 1. The fourth-order valence-electron chi connectivity index (χ4n) is 2.06. The summed E-state index contributed by atoms with van der Waals surface area (Å²) in [6.45, 7) is 1.46. The van der Waals surface area contributed by atoms with Crippen LogP contribution in [0, 0.1) is 0 Å². The Morgan fingerprint density at radius 2 is 2.26 bits per heavy atom. The molecule has 1 heterocycles. The normalized spacial score (nSPS) is 19.5. The van der Waals surface area contributed by atoms with Crippen LogP contribution in [-0.2, 0) is 4.79 Å². The molecule has 0 saturated carbocycles. The van der Waals surface area contributed by atoms with Crippen LogP contribution in [0.5, 0.6) is 0 Å². The van der Waals surface area contributed by atoms with Gasteiger partial charge in [-0.1, -0.05) is 23.2 Å². The number of piperidine rings is 1. The van der Waals surface area contributed by atoms with Crippen molar-refractivity contribution in [3.05, 3.63) is 28.2 Å². The average molecular weight is 319 g/mol. The summed E-state index contributed by atoms with van der Waals surface area (Å²) in [5, 5.41) is 1.25. The summed E-state index contributed by atoms with van der Waals surface area (Å²) in [6.07, 6.45) is 1.98. The van der Waals surface area contributed by atoms with Crippen molar-refractivity contribution < 1.29 is 4.79 Å². The van der Waals surface area contributed by atoms with E-state index in [1.54, 1.807) is 18.2 Å². The first-order valence-electron chi connectivity index (χ1n) is 6.17. The first-order chi connectivity index (χ1) is 9.06. The molecule has 0 aromatic heterocycles. The van der Waals surface area contributed by atoms with Gasteiger partial charge in [-0.2, -0.15) is 0 Å². The summed E-state index contributed by atoms with van der Waals surface area (Å²) in [6, 6.07) is 5.37. The van der Waals surface area contributed by atoms with E-state index >= 15 is 0 Å². The van der Waals surface area contributed by atoms with Gasteiger partial charge in [0.2, 0.25) is 5.91 Å². The van der Waals surface area contributed by atoms with Gasteiger partial charge in [-0.25, -0.2) is 0 Å². The number of likely N-dealkylation sites (tertiary alicyclic amines) is 1. The Morgan fingerprint density at radius 1 is 1.47 bits per heavy atom. The molecule has 19 heavy (non-hydrogen) atoms. The summed E-state index contributed by atoms with van der Waals surface area (Å²) >= 11 is 13.4. The number of benzene rings is 1. The van der Waals surface area contributed by atoms with Crippen molar-refractivity contribution in [1.29, 1.82) is 0 Å². The Hall–Kier alpha value is -0.420. The Morgan fingerprint density at radius 3 is 3.00 bits per heavy atom. The smallest absolute Gasteiger partial charge is 0.232 e. The van der Waals surface area contributed by atoms with E-state index in [0.29, 0.717) is 22.3 Å². The van der Waals surface area contributed by atoms with Crippen LogP contribution in [0.2, 0.25) is 10.0 Å². The zero-order valence-electron chi connectivity index (χ0n) is 10.4. The highest BCUT2D eigenvalue weighted by atomic mass is 35.5. The summed E-state index contributed by atoms with van der Waals surface area (Å²) < 4.78 is 0. The second kappa shape index (κ2) is 6.84. The average Bonchev–Trinajstić information content (AvgIpc) is 2.39. The van der Waals surface area contributed by atoms with E-state index in [1.165, 1.54) is 11.8 Å². The number of hydrogen-bond acceptors (Lipinski definition) is 3. The minimum Gasteiger partial charge on any atom is -0.340 e. The van der Waals surface area contributed by atoms with Crippen molar-refractivity contribution in [3.63, 3.8) is 0 Å². The van der Waals surface area contributed by atoms with Crippen LogP contribution in [0.25, 0.3) is 0 Å². The Kier molecular flexibility index (Phi) is 5.39. The maximum Gasteiger partial charge on any atom is 0.232 e. The first-order valence-corrected chi connectivity index (χ1v) is 7.91. The van der Waals surface area contributed by atoms with E-state index in [2.05, 4.69) is 0 Å². The lowest BCUT2D eigenvalue weighted by Crippen LogP contribution is -2.46. The van der Waals surface area contributed by atoms with Gasteiger partial charge >= 0.3 is 0 Å². The van der Waals surface area contributed by atoms with E-state index in [1.807, 2.05) is 4.90 Å². The molecule has 1 aliphatic heterocycles. The van der Waals surface area contributed by atoms with E-state index in [4.69, 9.17) is 28.9 Å². The molecule has 3 nitrogen and oxygen atoms in total. The highest BCUT2D eigenvalue weighted by Crippen LogP contribution is 2.30. The van der Waals surface area contributed by atoms with Gasteiger partial charge in [-0.15, -0.1) is 11.8 Å². The van der Waals surface area contributed by atoms with Crippen LogP contribution in [0.4, 0.5) is 0 Å². The monoisotopic (exact) mass is 318 g/mol. The number of carbonyl (C=O) groups excluding carboxylic acids is 1. The number of rotatable bonds is 3. The van der Waals surface area contributed by atoms with Crippen molar-refractivity contribution in [2.45, 2.75) is 23.8 Å². The molecule has 0 bridgehead atoms. The molecule has 1 aromatic carbocycles. The second-order valence-corrected chi connectivity index (χ2v) is 6.47. The maximum absolute atomic E-state index is 12.1. The van der Waals surface area contributed by atoms with Gasteiger partial charge in [0.05, 0.1) is 10.8 Å². The molecule has 0 spiro atoms. The predicted octanol–water partition coefficient (Wildman–Crippen LogP) is 3.04. The summed E-state index contributed by atoms with van der Waals surface area (Å²) in [4.78, 5) is 14.8. The number of nitrogens with two attached hydrogens (primary N) is 1. The molecule has 1 aliphatic rings. The number of hydrogen-bond donors (Lipinski definition) is 1. The van der Waals surface area contributed by atoms with Gasteiger partial charge in [0, 0.05) is 29.0 Å². The lowest BCUT2D eigenvalue weighted by Gasteiger charge is -2.30. The van der Waals surface area contributed by atoms with E-state index in [0.717, 1.165) is 24.3 Å². The van der Waals surface area contributed by atoms with Gasteiger partial charge in [0.1, 0.15) is 0 Å². The fourth-order valence-corrected chi connectivity index (χ4v) is 3.45. The molecule has 2 N–H and O–H groups in total. The van der Waals surface area contributed by atoms with Crippen molar-refractivity contribution in [1.82, 2.24) is 4.90 Å². The number of halogens is 2. The standard InChI is InChI=1S/C13H16Cl2N2OS/c14-9-3-4-11(15)12(6-9)19-8-13(18)17-5-1-2-10(16)7-17/h3-4,6,10H,1-2,5,7-8,16H2. The topological polar surface area (TPSA) is 46.3 Å². The minimum atomic E-state index is 0.108. The molecular weight excluding hydrogens is 303 g/mol. The van der Waals surface area contributed by atoms with Crippen molar-refractivity contribution >= 4 is 40.9 Å². The van der Waals surface area contributed by atoms with Crippen molar-refractivity contribution in [3.8, 4) is 0 Å². The van der Waals surface area contributed by atoms with Crippen LogP contribution in [0.3, 0.4) is 0 Å². The number of amides is 1. The first kappa shape index (κ1) is 15.0. The molecule has 0 aliphatic carbocycles. The summed E-state index contributed by atoms with van der Waals surface area (Å²) in [5.41, 5.74) is 5.87. The SMILES string of the molecule is NC1CCCN(C(=O)CSc2cc(Cl)ccc2Cl)C1. The van der Waals surface area contributed by atoms with Gasteiger partial charge in [-0.3, -0.25) is 4.79 Å². The maximum atomic E-state index is 12.1. The predicted molar refractivity (Wildman–Crippen MR) is 81.0 cm³/mol. The lowest BCUT2D eigenvalue weighted by molar-refractivity contribution is -0.129. The molecule has 1 atom stereocenters. The molecule has 6 heteroatoms. The van der Waals surface area contributed by atoms with E-state index in [-0.39, 0.29) is 11.9 Å². The third-order valence-corrected chi connectivity index (χ3v) is 4.77. The van der Waals surface area contributed by atoms with E-state index in [9.17, 15) is 4.79 Å². The van der Waals surface area contributed by atoms with Crippen molar-refractivity contribution in [2.24, 2.45) is 5.73 Å². The highest BCUT2D eigenvalue weighted by molar-refractivity contribution is 8.00. The highest BCUT2D eigenvalue weighted by Gasteiger charge is 2.21. The molecule has 1 aromatic rings. The zero-order valence-corrected chi connectivity index (χ0v) is 12.8. The number of nitrogens with zero attached hydrogens (tertiary/aromatic N) is 1. The third kappa shape index (κ3) is 4.28. The Balaban J connectivity index is 1.91. The van der Waals surface area contributed by atoms with Gasteiger partial charge in [-0.05, 0) is 31.0 Å². The van der Waals surface area contributed by atoms with Gasteiger partial charge in [0.25, 0.3) is 0 Å². The molecule has 1 amide bonds. The van der Waals surface area contributed by atoms with Crippen LogP contribution in [0.15, 0.2) is 23.1 Å². The largest absolute Gasteiger partial charge is 0.340 e. The van der Waals surface area contributed by atoms with Gasteiger partial charge < -0.3 is 10.6 Å². The second-order valence-electron chi connectivity index (χ2n) is 4.61. The molecule has 104 valence electrons. The van der Waals surface area contributed by atoms with E-state index < -0.39 is 0 Å². The summed E-state index contributed by atoms with van der Waals surface area (Å²) in [5.74, 6) is 0.475. The number of carbonyl (C=O) groups is 1. The van der Waals surface area contributed by atoms with Gasteiger partial charge in [0.15, 0.2) is 0 Å². The quantitative estimate of drug-likeness (QED) is 0.871. The van der Waals surface area contributed by atoms with Crippen LogP contribution in [0.1, 0.15) is 12.8 Å². The molecular formula is C13H16Cl2N2OS. The molecule has 2 rings (SSSR count). The molecule has 1 unspecified atom stereocenters.